The molecule has 2 aliphatic rings. The maximum atomic E-state index is 11.5. The Bertz CT molecular complexity index is 1310. The number of likely N-dealkylation sites (tertiary alicyclic amines) is 1. The first-order valence-electron chi connectivity index (χ1n) is 11.2. The minimum Gasteiger partial charge on any atom is -0.465 e. The zero-order chi connectivity index (χ0) is 22.4. The van der Waals surface area contributed by atoms with Crippen LogP contribution in [-0.4, -0.2) is 40.7 Å². The molecule has 0 saturated carbocycles. The molecule has 1 amide bonds. The van der Waals surface area contributed by atoms with Crippen LogP contribution in [-0.2, 0) is 5.41 Å². The lowest BCUT2D eigenvalue weighted by Crippen LogP contribution is -2.46. The Labute approximate surface area is 196 Å². The second kappa shape index (κ2) is 7.78. The van der Waals surface area contributed by atoms with Gasteiger partial charge in [-0.2, -0.15) is 0 Å². The second-order valence-electron chi connectivity index (χ2n) is 8.78. The first-order chi connectivity index (χ1) is 16.1. The van der Waals surface area contributed by atoms with Gasteiger partial charge in [-0.1, -0.05) is 53.8 Å². The molecule has 0 bridgehead atoms. The van der Waals surface area contributed by atoms with Crippen molar-refractivity contribution in [1.29, 1.82) is 0 Å². The summed E-state index contributed by atoms with van der Waals surface area (Å²) in [6, 6.07) is 25.1. The molecule has 6 nitrogen and oxygen atoms in total. The Balaban J connectivity index is 1.35. The van der Waals surface area contributed by atoms with Crippen molar-refractivity contribution >= 4 is 49.8 Å². The summed E-state index contributed by atoms with van der Waals surface area (Å²) < 4.78 is 1.16. The normalized spacial score (nSPS) is 16.8. The van der Waals surface area contributed by atoms with Gasteiger partial charge in [-0.3, -0.25) is 0 Å². The van der Waals surface area contributed by atoms with Crippen molar-refractivity contribution in [2.45, 2.75) is 18.3 Å². The standard InChI is InChI=1S/C26H24N4O2S/c31-25(32)29-15-13-26(14-16-29)17-30(21-10-4-1-7-18(21)26)22-11-5-2-8-19(22)27-24-28-20-9-3-6-12-23(20)33-24/h1-12H,13-17H2,(H,27,28)(H,31,32). The summed E-state index contributed by atoms with van der Waals surface area (Å²) in [7, 11) is 0. The van der Waals surface area contributed by atoms with Crippen LogP contribution in [0, 0.1) is 0 Å². The highest BCUT2D eigenvalue weighted by Crippen LogP contribution is 2.51. The quantitative estimate of drug-likeness (QED) is 0.384. The fourth-order valence-corrected chi connectivity index (χ4v) is 6.13. The van der Waals surface area contributed by atoms with Crippen LogP contribution in [0.15, 0.2) is 72.8 Å². The summed E-state index contributed by atoms with van der Waals surface area (Å²) in [6.07, 6.45) is 0.846. The molecular formula is C26H24N4O2S. The fourth-order valence-electron chi connectivity index (χ4n) is 5.25. The zero-order valence-electron chi connectivity index (χ0n) is 18.1. The van der Waals surface area contributed by atoms with Gasteiger partial charge in [0.25, 0.3) is 0 Å². The Morgan fingerprint density at radius 1 is 0.939 bits per heavy atom. The maximum absolute atomic E-state index is 11.5. The molecule has 6 rings (SSSR count). The Hall–Kier alpha value is -3.58. The molecule has 0 unspecified atom stereocenters. The Kier molecular flexibility index (Phi) is 4.73. The van der Waals surface area contributed by atoms with Crippen molar-refractivity contribution in [3.63, 3.8) is 0 Å². The summed E-state index contributed by atoms with van der Waals surface area (Å²) in [5, 5.41) is 13.9. The number of anilines is 4. The van der Waals surface area contributed by atoms with Crippen LogP contribution in [0.3, 0.4) is 0 Å². The van der Waals surface area contributed by atoms with Crippen molar-refractivity contribution < 1.29 is 9.90 Å². The highest BCUT2D eigenvalue weighted by molar-refractivity contribution is 7.22. The van der Waals surface area contributed by atoms with Crippen LogP contribution in [0.2, 0.25) is 0 Å². The van der Waals surface area contributed by atoms with Gasteiger partial charge in [0.05, 0.1) is 21.6 Å². The summed E-state index contributed by atoms with van der Waals surface area (Å²) in [4.78, 5) is 20.2. The molecule has 1 spiro atoms. The van der Waals surface area contributed by atoms with Crippen molar-refractivity contribution in [2.75, 3.05) is 29.9 Å². The van der Waals surface area contributed by atoms with Gasteiger partial charge >= 0.3 is 6.09 Å². The van der Waals surface area contributed by atoms with Gasteiger partial charge in [-0.05, 0) is 48.7 Å². The SMILES string of the molecule is O=C(O)N1CCC2(CC1)CN(c1ccccc1Nc1nc3ccccc3s1)c1ccccc12. The van der Waals surface area contributed by atoms with E-state index in [1.54, 1.807) is 16.2 Å². The molecule has 3 aromatic carbocycles. The lowest BCUT2D eigenvalue weighted by molar-refractivity contribution is 0.119. The first-order valence-corrected chi connectivity index (χ1v) is 12.0. The third-order valence-corrected chi connectivity index (χ3v) is 7.90. The molecule has 4 aromatic rings. The molecule has 2 N–H and O–H groups in total. The predicted octanol–water partition coefficient (Wildman–Crippen LogP) is 6.20. The predicted molar refractivity (Wildman–Crippen MR) is 133 cm³/mol. The highest BCUT2D eigenvalue weighted by atomic mass is 32.1. The summed E-state index contributed by atoms with van der Waals surface area (Å²) in [6.45, 7) is 1.99. The average Bonchev–Trinajstić information content (AvgIpc) is 3.39. The van der Waals surface area contributed by atoms with E-state index in [0.717, 1.165) is 46.1 Å². The molecule has 1 saturated heterocycles. The van der Waals surface area contributed by atoms with E-state index in [-0.39, 0.29) is 5.41 Å². The van der Waals surface area contributed by atoms with Crippen LogP contribution in [0.4, 0.5) is 27.0 Å². The van der Waals surface area contributed by atoms with E-state index in [9.17, 15) is 9.90 Å². The summed E-state index contributed by atoms with van der Waals surface area (Å²) >= 11 is 1.65. The number of rotatable bonds is 3. The van der Waals surface area contributed by atoms with Crippen molar-refractivity contribution in [1.82, 2.24) is 9.88 Å². The number of aromatic nitrogens is 1. The molecule has 1 aromatic heterocycles. The third-order valence-electron chi connectivity index (χ3n) is 6.95. The van der Waals surface area contributed by atoms with Crippen LogP contribution in [0.5, 0.6) is 0 Å². The molecule has 0 radical (unpaired) electrons. The molecule has 7 heteroatoms. The number of benzene rings is 3. The largest absolute Gasteiger partial charge is 0.465 e. The van der Waals surface area contributed by atoms with Crippen LogP contribution in [0.25, 0.3) is 10.2 Å². The molecule has 2 aliphatic heterocycles. The number of piperidine rings is 1. The van der Waals surface area contributed by atoms with Crippen molar-refractivity contribution in [2.24, 2.45) is 0 Å². The molecule has 0 atom stereocenters. The minimum absolute atomic E-state index is 0.0362. The lowest BCUT2D eigenvalue weighted by Gasteiger charge is -2.39. The third kappa shape index (κ3) is 3.40. The lowest BCUT2D eigenvalue weighted by atomic mass is 9.74. The van der Waals surface area contributed by atoms with Gasteiger partial charge in [-0.25, -0.2) is 9.78 Å². The van der Waals surface area contributed by atoms with E-state index in [1.807, 2.05) is 24.3 Å². The smallest absolute Gasteiger partial charge is 0.407 e. The van der Waals surface area contributed by atoms with E-state index < -0.39 is 6.09 Å². The van der Waals surface area contributed by atoms with Crippen LogP contribution in [0.1, 0.15) is 18.4 Å². The summed E-state index contributed by atoms with van der Waals surface area (Å²) in [5.41, 5.74) is 5.63. The van der Waals surface area contributed by atoms with Gasteiger partial charge in [0.2, 0.25) is 0 Å². The number of fused-ring (bicyclic) bond motifs is 3. The van der Waals surface area contributed by atoms with Gasteiger partial charge in [-0.15, -0.1) is 0 Å². The first kappa shape index (κ1) is 20.1. The zero-order valence-corrected chi connectivity index (χ0v) is 18.9. The minimum atomic E-state index is -0.821. The fraction of sp³-hybridized carbons (Fsp3) is 0.231. The van der Waals surface area contributed by atoms with Crippen LogP contribution < -0.4 is 10.2 Å². The summed E-state index contributed by atoms with van der Waals surface area (Å²) in [5.74, 6) is 0. The monoisotopic (exact) mass is 456 g/mol. The van der Waals surface area contributed by atoms with Gasteiger partial charge < -0.3 is 20.2 Å². The van der Waals surface area contributed by atoms with Gasteiger partial charge in [0.15, 0.2) is 5.13 Å². The molecule has 166 valence electrons. The van der Waals surface area contributed by atoms with Crippen molar-refractivity contribution in [3.8, 4) is 0 Å². The van der Waals surface area contributed by atoms with E-state index in [1.165, 1.54) is 11.3 Å². The maximum Gasteiger partial charge on any atom is 0.407 e. The number of hydrogen-bond donors (Lipinski definition) is 2. The number of nitrogens with one attached hydrogen (secondary N) is 1. The number of hydrogen-bond acceptors (Lipinski definition) is 5. The number of carbonyl (C=O) groups is 1. The topological polar surface area (TPSA) is 68.7 Å². The number of amides is 1. The molecule has 0 aliphatic carbocycles. The van der Waals surface area contributed by atoms with Crippen molar-refractivity contribution in [3.05, 3.63) is 78.4 Å². The molecule has 33 heavy (non-hydrogen) atoms. The number of thiazole rings is 1. The molecular weight excluding hydrogens is 432 g/mol. The van der Waals surface area contributed by atoms with Crippen LogP contribution >= 0.6 is 11.3 Å². The highest BCUT2D eigenvalue weighted by Gasteiger charge is 2.45. The Morgan fingerprint density at radius 2 is 1.64 bits per heavy atom. The van der Waals surface area contributed by atoms with E-state index in [2.05, 4.69) is 58.7 Å². The van der Waals surface area contributed by atoms with E-state index in [0.29, 0.717) is 13.1 Å². The van der Waals surface area contributed by atoms with Gasteiger partial charge in [0, 0.05) is 30.7 Å². The molecule has 3 heterocycles. The van der Waals surface area contributed by atoms with E-state index >= 15 is 0 Å². The van der Waals surface area contributed by atoms with Gasteiger partial charge in [0.1, 0.15) is 0 Å². The average molecular weight is 457 g/mol. The number of nitrogens with zero attached hydrogens (tertiary/aromatic N) is 3. The molecule has 1 fully saturated rings. The Morgan fingerprint density at radius 3 is 2.42 bits per heavy atom. The number of carboxylic acid groups (broad SMARTS) is 1. The second-order valence-corrected chi connectivity index (χ2v) is 9.81. The van der Waals surface area contributed by atoms with E-state index in [4.69, 9.17) is 4.98 Å². The number of para-hydroxylation sites is 4.